The van der Waals surface area contributed by atoms with Gasteiger partial charge in [0.1, 0.15) is 5.75 Å². The molecule has 1 heterocycles. The van der Waals surface area contributed by atoms with Gasteiger partial charge in [0.15, 0.2) is 5.69 Å². The van der Waals surface area contributed by atoms with Gasteiger partial charge >= 0.3 is 6.18 Å². The zero-order chi connectivity index (χ0) is 19.8. The van der Waals surface area contributed by atoms with Gasteiger partial charge in [-0.2, -0.15) is 18.3 Å². The predicted octanol–water partition coefficient (Wildman–Crippen LogP) is 5.11. The molecule has 7 heteroatoms. The molecular formula is C20H21F3N2OSi. The molecule has 0 unspecified atom stereocenters. The quantitative estimate of drug-likeness (QED) is 0.579. The summed E-state index contributed by atoms with van der Waals surface area (Å²) in [6.45, 7) is 6.68. The van der Waals surface area contributed by atoms with E-state index in [0.717, 1.165) is 6.07 Å². The Kier molecular flexibility index (Phi) is 4.90. The summed E-state index contributed by atoms with van der Waals surface area (Å²) >= 11 is 0. The number of rotatable bonds is 4. The lowest BCUT2D eigenvalue weighted by Gasteiger charge is -2.17. The van der Waals surface area contributed by atoms with Crippen LogP contribution >= 0.6 is 0 Å². The predicted molar refractivity (Wildman–Crippen MR) is 104 cm³/mol. The van der Waals surface area contributed by atoms with Gasteiger partial charge in [0.05, 0.1) is 26.6 Å². The number of ether oxygens (including phenoxy) is 1. The lowest BCUT2D eigenvalue weighted by molar-refractivity contribution is -0.141. The van der Waals surface area contributed by atoms with Gasteiger partial charge in [-0.25, -0.2) is 4.68 Å². The summed E-state index contributed by atoms with van der Waals surface area (Å²) in [6, 6.07) is 15.6. The van der Waals surface area contributed by atoms with Crippen LogP contribution < -0.4 is 9.92 Å². The molecule has 1 aromatic heterocycles. The highest BCUT2D eigenvalue weighted by Gasteiger charge is 2.35. The van der Waals surface area contributed by atoms with E-state index in [1.165, 1.54) is 17.0 Å². The Labute approximate surface area is 157 Å². The van der Waals surface area contributed by atoms with E-state index in [1.54, 1.807) is 24.3 Å². The summed E-state index contributed by atoms with van der Waals surface area (Å²) in [7, 11) is 0.0516. The molecule has 0 spiro atoms. The number of alkyl halides is 3. The molecule has 0 saturated heterocycles. The van der Waals surface area contributed by atoms with Crippen molar-refractivity contribution >= 4 is 13.3 Å². The van der Waals surface area contributed by atoms with E-state index in [0.29, 0.717) is 22.7 Å². The minimum Gasteiger partial charge on any atom is -0.497 e. The molecule has 0 aliphatic rings. The molecule has 0 atom stereocenters. The van der Waals surface area contributed by atoms with Crippen molar-refractivity contribution in [3.05, 3.63) is 60.3 Å². The summed E-state index contributed by atoms with van der Waals surface area (Å²) < 4.78 is 46.2. The Morgan fingerprint density at radius 2 is 1.52 bits per heavy atom. The molecule has 0 bridgehead atoms. The van der Waals surface area contributed by atoms with Gasteiger partial charge in [-0.15, -0.1) is 0 Å². The molecule has 0 saturated carbocycles. The van der Waals surface area contributed by atoms with Gasteiger partial charge in [0.2, 0.25) is 0 Å². The second kappa shape index (κ2) is 6.88. The highest BCUT2D eigenvalue weighted by molar-refractivity contribution is 6.88. The maximum absolute atomic E-state index is 13.3. The average Bonchev–Trinajstić information content (AvgIpc) is 3.07. The van der Waals surface area contributed by atoms with Gasteiger partial charge in [0, 0.05) is 5.56 Å². The molecule has 0 amide bonds. The number of hydrogen-bond acceptors (Lipinski definition) is 2. The van der Waals surface area contributed by atoms with Crippen molar-refractivity contribution in [2.45, 2.75) is 25.8 Å². The largest absolute Gasteiger partial charge is 0.497 e. The first-order chi connectivity index (χ1) is 12.6. The van der Waals surface area contributed by atoms with E-state index in [4.69, 9.17) is 4.74 Å². The standard InChI is InChI=1S/C20H21F3N2OSi/c1-26-16-9-7-15(8-10-16)25-18(13-19(24-25)20(21,22)23)14-5-11-17(12-6-14)27(2,3)4/h5-13H,1-4H3. The van der Waals surface area contributed by atoms with Crippen molar-refractivity contribution < 1.29 is 17.9 Å². The first-order valence-electron chi connectivity index (χ1n) is 8.52. The van der Waals surface area contributed by atoms with Crippen molar-refractivity contribution in [1.82, 2.24) is 9.78 Å². The second-order valence-electron chi connectivity index (χ2n) is 7.35. The molecule has 3 rings (SSSR count). The molecule has 0 aliphatic carbocycles. The maximum Gasteiger partial charge on any atom is 0.435 e. The highest BCUT2D eigenvalue weighted by Crippen LogP contribution is 2.33. The van der Waals surface area contributed by atoms with Gasteiger partial charge in [-0.3, -0.25) is 0 Å². The summed E-state index contributed by atoms with van der Waals surface area (Å²) in [5, 5.41) is 5.06. The van der Waals surface area contributed by atoms with Crippen LogP contribution in [0, 0.1) is 0 Å². The van der Waals surface area contributed by atoms with Crippen LogP contribution in [-0.2, 0) is 6.18 Å². The molecule has 3 nitrogen and oxygen atoms in total. The van der Waals surface area contributed by atoms with Crippen LogP contribution in [0.2, 0.25) is 19.6 Å². The monoisotopic (exact) mass is 390 g/mol. The topological polar surface area (TPSA) is 27.1 Å². The van der Waals surface area contributed by atoms with E-state index in [9.17, 15) is 13.2 Å². The van der Waals surface area contributed by atoms with Crippen LogP contribution in [0.25, 0.3) is 16.9 Å². The van der Waals surface area contributed by atoms with Crippen molar-refractivity contribution in [2.75, 3.05) is 7.11 Å². The lowest BCUT2D eigenvalue weighted by Crippen LogP contribution is -2.37. The number of methoxy groups -OCH3 is 1. The van der Waals surface area contributed by atoms with E-state index >= 15 is 0 Å². The van der Waals surface area contributed by atoms with E-state index in [-0.39, 0.29) is 0 Å². The molecule has 0 fully saturated rings. The normalized spacial score (nSPS) is 12.3. The Bertz CT molecular complexity index is 924. The average molecular weight is 390 g/mol. The molecule has 2 aromatic carbocycles. The SMILES string of the molecule is COc1ccc(-n2nc(C(F)(F)F)cc2-c2ccc([Si](C)(C)C)cc2)cc1. The van der Waals surface area contributed by atoms with Crippen molar-refractivity contribution in [3.8, 4) is 22.7 Å². The Morgan fingerprint density at radius 3 is 2.00 bits per heavy atom. The van der Waals surface area contributed by atoms with Crippen LogP contribution in [-0.4, -0.2) is 25.0 Å². The Balaban J connectivity index is 2.11. The number of benzene rings is 2. The number of halogens is 3. The molecule has 0 aliphatic heterocycles. The van der Waals surface area contributed by atoms with Gasteiger partial charge in [0.25, 0.3) is 0 Å². The third-order valence-corrected chi connectivity index (χ3v) is 6.43. The van der Waals surface area contributed by atoms with Gasteiger partial charge < -0.3 is 4.74 Å². The Hall–Kier alpha value is -2.54. The summed E-state index contributed by atoms with van der Waals surface area (Å²) in [4.78, 5) is 0. The summed E-state index contributed by atoms with van der Waals surface area (Å²) in [5.74, 6) is 0.628. The van der Waals surface area contributed by atoms with Crippen LogP contribution in [0.1, 0.15) is 5.69 Å². The van der Waals surface area contributed by atoms with Crippen molar-refractivity contribution in [3.63, 3.8) is 0 Å². The first-order valence-corrected chi connectivity index (χ1v) is 12.0. The van der Waals surface area contributed by atoms with Crippen molar-refractivity contribution in [2.24, 2.45) is 0 Å². The molecule has 27 heavy (non-hydrogen) atoms. The van der Waals surface area contributed by atoms with Crippen LogP contribution in [0.5, 0.6) is 5.75 Å². The summed E-state index contributed by atoms with van der Waals surface area (Å²) in [5.41, 5.74) is 0.712. The fraction of sp³-hybridized carbons (Fsp3) is 0.250. The smallest absolute Gasteiger partial charge is 0.435 e. The maximum atomic E-state index is 13.3. The number of nitrogens with zero attached hydrogens (tertiary/aromatic N) is 2. The fourth-order valence-electron chi connectivity index (χ4n) is 2.79. The second-order valence-corrected chi connectivity index (χ2v) is 12.4. The van der Waals surface area contributed by atoms with Crippen LogP contribution in [0.15, 0.2) is 54.6 Å². The molecule has 0 N–H and O–H groups in total. The highest BCUT2D eigenvalue weighted by atomic mass is 28.3. The van der Waals surface area contributed by atoms with Gasteiger partial charge in [-0.1, -0.05) is 49.1 Å². The van der Waals surface area contributed by atoms with E-state index in [1.807, 2.05) is 24.3 Å². The number of hydrogen-bond donors (Lipinski definition) is 0. The minimum atomic E-state index is -4.51. The zero-order valence-corrected chi connectivity index (χ0v) is 16.6. The van der Waals surface area contributed by atoms with E-state index < -0.39 is 19.9 Å². The van der Waals surface area contributed by atoms with Crippen LogP contribution in [0.4, 0.5) is 13.2 Å². The molecule has 3 aromatic rings. The summed E-state index contributed by atoms with van der Waals surface area (Å²) in [6.07, 6.45) is -4.51. The van der Waals surface area contributed by atoms with Crippen LogP contribution in [0.3, 0.4) is 0 Å². The fourth-order valence-corrected chi connectivity index (χ4v) is 3.95. The van der Waals surface area contributed by atoms with Crippen molar-refractivity contribution in [1.29, 1.82) is 0 Å². The number of aromatic nitrogens is 2. The minimum absolute atomic E-state index is 0.398. The first kappa shape index (κ1) is 19.2. The molecular weight excluding hydrogens is 369 g/mol. The molecule has 0 radical (unpaired) electrons. The molecule has 142 valence electrons. The third-order valence-electron chi connectivity index (χ3n) is 4.36. The lowest BCUT2D eigenvalue weighted by atomic mass is 10.1. The van der Waals surface area contributed by atoms with E-state index in [2.05, 4.69) is 24.7 Å². The Morgan fingerprint density at radius 1 is 0.926 bits per heavy atom. The third kappa shape index (κ3) is 4.08. The van der Waals surface area contributed by atoms with Gasteiger partial charge in [-0.05, 0) is 30.3 Å². The zero-order valence-electron chi connectivity index (χ0n) is 15.6.